The first-order chi connectivity index (χ1) is 13.3. The fraction of sp³-hybridized carbons (Fsp3) is 0.533. The maximum atomic E-state index is 12.1. The van der Waals surface area contributed by atoms with E-state index in [1.54, 1.807) is 21.3 Å². The molecular formula is C15H25N5O6SSi. The van der Waals surface area contributed by atoms with Gasteiger partial charge in [-0.25, -0.2) is 8.42 Å². The van der Waals surface area contributed by atoms with Gasteiger partial charge < -0.3 is 23.9 Å². The number of hydrogen-bond acceptors (Lipinski definition) is 7. The quantitative estimate of drug-likeness (QED) is 0.157. The van der Waals surface area contributed by atoms with Crippen molar-refractivity contribution in [1.29, 1.82) is 0 Å². The van der Waals surface area contributed by atoms with Gasteiger partial charge in [-0.2, -0.15) is 0 Å². The standard InChI is InChI=1S/C15H25N5O6SSi/c1-24-28(25-2,26-3)11-5-8-17-9-10-18-15(21)13-6-4-7-14(12-13)27(22,23)20-19-16/h4,6-7,12,17H,5,8-11H2,1-3H3,(H,18,21). The summed E-state index contributed by atoms with van der Waals surface area (Å²) in [7, 11) is -2.00. The minimum Gasteiger partial charge on any atom is -0.377 e. The van der Waals surface area contributed by atoms with E-state index in [1.807, 2.05) is 0 Å². The molecule has 0 radical (unpaired) electrons. The number of carbonyl (C=O) groups is 1. The Balaban J connectivity index is 2.41. The van der Waals surface area contributed by atoms with Gasteiger partial charge in [0, 0.05) is 55.5 Å². The molecule has 1 aromatic carbocycles. The van der Waals surface area contributed by atoms with E-state index in [9.17, 15) is 13.2 Å². The monoisotopic (exact) mass is 431 g/mol. The van der Waals surface area contributed by atoms with Gasteiger partial charge in [0.2, 0.25) is 0 Å². The normalized spacial score (nSPS) is 11.7. The van der Waals surface area contributed by atoms with E-state index in [-0.39, 0.29) is 10.5 Å². The largest absolute Gasteiger partial charge is 0.500 e. The lowest BCUT2D eigenvalue weighted by Crippen LogP contribution is -2.43. The first-order valence-corrected chi connectivity index (χ1v) is 11.8. The first-order valence-electron chi connectivity index (χ1n) is 8.40. The van der Waals surface area contributed by atoms with Crippen LogP contribution in [0.3, 0.4) is 0 Å². The van der Waals surface area contributed by atoms with Crippen LogP contribution in [0.5, 0.6) is 0 Å². The summed E-state index contributed by atoms with van der Waals surface area (Å²) in [6.45, 7) is 1.58. The fourth-order valence-corrected chi connectivity index (χ4v) is 4.81. The zero-order valence-corrected chi connectivity index (χ0v) is 17.9. The average Bonchev–Trinajstić information content (AvgIpc) is 2.70. The van der Waals surface area contributed by atoms with Gasteiger partial charge in [0.25, 0.3) is 15.9 Å². The molecular weight excluding hydrogens is 406 g/mol. The number of amides is 1. The third-order valence-corrected chi connectivity index (χ3v) is 7.86. The fourth-order valence-electron chi connectivity index (χ4n) is 2.37. The van der Waals surface area contributed by atoms with E-state index >= 15 is 0 Å². The molecule has 0 unspecified atom stereocenters. The van der Waals surface area contributed by atoms with Crippen molar-refractivity contribution in [2.24, 2.45) is 4.52 Å². The van der Waals surface area contributed by atoms with Crippen molar-refractivity contribution >= 4 is 24.7 Å². The van der Waals surface area contributed by atoms with Crippen LogP contribution in [0.2, 0.25) is 6.04 Å². The molecule has 28 heavy (non-hydrogen) atoms. The zero-order valence-electron chi connectivity index (χ0n) is 16.0. The third kappa shape index (κ3) is 7.20. The molecule has 0 saturated carbocycles. The lowest BCUT2D eigenvalue weighted by atomic mass is 10.2. The predicted octanol–water partition coefficient (Wildman–Crippen LogP) is 1.27. The predicted molar refractivity (Wildman–Crippen MR) is 104 cm³/mol. The summed E-state index contributed by atoms with van der Waals surface area (Å²) in [5.74, 6) is -0.427. The van der Waals surface area contributed by atoms with Crippen LogP contribution in [0.4, 0.5) is 0 Å². The number of azide groups is 1. The SMILES string of the molecule is CO[Si](CCCNCCNC(=O)c1cccc(S(=O)(=O)N=[N+]=[N-])c1)(OC)OC. The highest BCUT2D eigenvalue weighted by Gasteiger charge is 2.36. The topological polar surface area (TPSA) is 152 Å². The second-order valence-electron chi connectivity index (χ2n) is 5.58. The Kier molecular flexibility index (Phi) is 10.1. The Labute approximate surface area is 165 Å². The molecule has 0 aromatic heterocycles. The number of carbonyl (C=O) groups excluding carboxylic acids is 1. The van der Waals surface area contributed by atoms with Gasteiger partial charge in [-0.05, 0) is 36.7 Å². The van der Waals surface area contributed by atoms with Crippen LogP contribution in [-0.4, -0.2) is 64.1 Å². The number of nitrogens with one attached hydrogen (secondary N) is 2. The van der Waals surface area contributed by atoms with E-state index in [0.29, 0.717) is 25.7 Å². The van der Waals surface area contributed by atoms with E-state index in [2.05, 4.69) is 20.1 Å². The summed E-state index contributed by atoms with van der Waals surface area (Å²) in [5, 5.41) is 5.86. The Hall–Kier alpha value is -1.99. The first kappa shape index (κ1) is 24.0. The van der Waals surface area contributed by atoms with Gasteiger partial charge in [0.05, 0.1) is 4.90 Å². The van der Waals surface area contributed by atoms with Crippen molar-refractivity contribution in [1.82, 2.24) is 10.6 Å². The van der Waals surface area contributed by atoms with Gasteiger partial charge in [-0.1, -0.05) is 6.07 Å². The number of rotatable bonds is 13. The minimum absolute atomic E-state index is 0.158. The smallest absolute Gasteiger partial charge is 0.377 e. The molecule has 0 heterocycles. The number of benzene rings is 1. The number of sulfonamides is 1. The minimum atomic E-state index is -4.13. The Morgan fingerprint density at radius 2 is 1.86 bits per heavy atom. The highest BCUT2D eigenvalue weighted by atomic mass is 32.2. The molecule has 0 spiro atoms. The highest BCUT2D eigenvalue weighted by molar-refractivity contribution is 7.90. The van der Waals surface area contributed by atoms with Gasteiger partial charge in [-0.3, -0.25) is 4.79 Å². The molecule has 0 saturated heterocycles. The van der Waals surface area contributed by atoms with Crippen LogP contribution in [-0.2, 0) is 23.3 Å². The molecule has 13 heteroatoms. The Bertz CT molecular complexity index is 788. The molecule has 0 aliphatic carbocycles. The van der Waals surface area contributed by atoms with Gasteiger partial charge in [0.1, 0.15) is 0 Å². The van der Waals surface area contributed by atoms with Crippen LogP contribution in [0.15, 0.2) is 33.7 Å². The molecule has 0 aliphatic heterocycles. The molecule has 156 valence electrons. The van der Waals surface area contributed by atoms with E-state index in [1.165, 1.54) is 18.2 Å². The Morgan fingerprint density at radius 3 is 2.46 bits per heavy atom. The van der Waals surface area contributed by atoms with Crippen LogP contribution >= 0.6 is 0 Å². The van der Waals surface area contributed by atoms with Crippen LogP contribution in [0, 0.1) is 0 Å². The lowest BCUT2D eigenvalue weighted by Gasteiger charge is -2.24. The van der Waals surface area contributed by atoms with Gasteiger partial charge in [0.15, 0.2) is 0 Å². The number of nitrogens with zero attached hydrogens (tertiary/aromatic N) is 3. The molecule has 0 bridgehead atoms. The molecule has 0 atom stereocenters. The summed E-state index contributed by atoms with van der Waals surface area (Å²) in [6.07, 6.45) is 0.787. The molecule has 11 nitrogen and oxygen atoms in total. The summed E-state index contributed by atoms with van der Waals surface area (Å²) in [4.78, 5) is 14.2. The third-order valence-electron chi connectivity index (χ3n) is 3.89. The van der Waals surface area contributed by atoms with Crippen molar-refractivity contribution in [3.63, 3.8) is 0 Å². The van der Waals surface area contributed by atoms with E-state index in [4.69, 9.17) is 18.8 Å². The van der Waals surface area contributed by atoms with Crippen molar-refractivity contribution < 1.29 is 26.5 Å². The molecule has 0 fully saturated rings. The summed E-state index contributed by atoms with van der Waals surface area (Å²) in [6, 6.07) is 5.97. The summed E-state index contributed by atoms with van der Waals surface area (Å²) >= 11 is 0. The van der Waals surface area contributed by atoms with Crippen molar-refractivity contribution in [2.75, 3.05) is 41.0 Å². The average molecular weight is 432 g/mol. The van der Waals surface area contributed by atoms with Crippen molar-refractivity contribution in [2.45, 2.75) is 17.4 Å². The second-order valence-corrected chi connectivity index (χ2v) is 10.3. The van der Waals surface area contributed by atoms with Crippen LogP contribution in [0.1, 0.15) is 16.8 Å². The van der Waals surface area contributed by atoms with E-state index < -0.39 is 24.7 Å². The van der Waals surface area contributed by atoms with E-state index in [0.717, 1.165) is 12.5 Å². The van der Waals surface area contributed by atoms with Gasteiger partial charge >= 0.3 is 8.80 Å². The van der Waals surface area contributed by atoms with Gasteiger partial charge in [-0.15, -0.1) is 0 Å². The maximum Gasteiger partial charge on any atom is 0.500 e. The molecule has 2 N–H and O–H groups in total. The van der Waals surface area contributed by atoms with Crippen LogP contribution < -0.4 is 10.6 Å². The maximum absolute atomic E-state index is 12.1. The van der Waals surface area contributed by atoms with Crippen molar-refractivity contribution in [3.8, 4) is 0 Å². The van der Waals surface area contributed by atoms with Crippen LogP contribution in [0.25, 0.3) is 10.4 Å². The lowest BCUT2D eigenvalue weighted by molar-refractivity contribution is 0.0953. The number of hydrogen-bond donors (Lipinski definition) is 2. The summed E-state index contributed by atoms with van der Waals surface area (Å²) < 4.78 is 42.2. The highest BCUT2D eigenvalue weighted by Crippen LogP contribution is 2.15. The molecule has 1 amide bonds. The molecule has 0 aliphatic rings. The summed E-state index contributed by atoms with van der Waals surface area (Å²) in [5.41, 5.74) is 8.47. The van der Waals surface area contributed by atoms with Crippen molar-refractivity contribution in [3.05, 3.63) is 40.3 Å². The second kappa shape index (κ2) is 11.8. The molecule has 1 rings (SSSR count). The molecule has 1 aromatic rings. The Morgan fingerprint density at radius 1 is 1.18 bits per heavy atom. The zero-order chi connectivity index (χ0) is 21.0.